The number of halogens is 1. The van der Waals surface area contributed by atoms with E-state index in [-0.39, 0.29) is 0 Å². The molecule has 21 heavy (non-hydrogen) atoms. The maximum Gasteiger partial charge on any atom is 0.0820 e. The van der Waals surface area contributed by atoms with Crippen LogP contribution in [0.25, 0.3) is 10.9 Å². The fourth-order valence-electron chi connectivity index (χ4n) is 3.55. The van der Waals surface area contributed by atoms with Crippen LogP contribution in [0.5, 0.6) is 0 Å². The molecule has 1 heterocycles. The van der Waals surface area contributed by atoms with Gasteiger partial charge in [-0.05, 0) is 48.6 Å². The van der Waals surface area contributed by atoms with Crippen LogP contribution in [0.15, 0.2) is 48.5 Å². The van der Waals surface area contributed by atoms with E-state index in [2.05, 4.69) is 29.2 Å². The zero-order valence-electron chi connectivity index (χ0n) is 11.7. The van der Waals surface area contributed by atoms with Crippen molar-refractivity contribution in [2.75, 3.05) is 0 Å². The highest BCUT2D eigenvalue weighted by atomic mass is 35.5. The molecule has 0 amide bonds. The summed E-state index contributed by atoms with van der Waals surface area (Å²) in [4.78, 5) is 3.56. The minimum absolute atomic E-state index is 0.447. The van der Waals surface area contributed by atoms with Gasteiger partial charge in [0, 0.05) is 21.6 Å². The van der Waals surface area contributed by atoms with E-state index in [1.807, 2.05) is 24.3 Å². The summed E-state index contributed by atoms with van der Waals surface area (Å²) in [5, 5.41) is 2.05. The summed E-state index contributed by atoms with van der Waals surface area (Å²) in [6, 6.07) is 16.4. The Morgan fingerprint density at radius 2 is 1.81 bits per heavy atom. The maximum atomic E-state index is 6.83. The third-order valence-electron chi connectivity index (χ3n) is 4.62. The molecular formula is C18H17ClN2. The summed E-state index contributed by atoms with van der Waals surface area (Å²) in [5.41, 5.74) is 11.2. The average Bonchev–Trinajstić information content (AvgIpc) is 2.89. The molecule has 3 aromatic rings. The monoisotopic (exact) mass is 296 g/mol. The number of para-hydroxylation sites is 1. The van der Waals surface area contributed by atoms with Crippen LogP contribution in [0.3, 0.4) is 0 Å². The van der Waals surface area contributed by atoms with Gasteiger partial charge in [-0.3, -0.25) is 0 Å². The Balaban J connectivity index is 1.95. The quantitative estimate of drug-likeness (QED) is 0.688. The van der Waals surface area contributed by atoms with Crippen LogP contribution in [-0.4, -0.2) is 4.98 Å². The Morgan fingerprint density at radius 3 is 2.62 bits per heavy atom. The molecule has 106 valence electrons. The average molecular weight is 297 g/mol. The number of H-pyrrole nitrogens is 1. The summed E-state index contributed by atoms with van der Waals surface area (Å²) >= 11 is 6.01. The molecule has 2 nitrogen and oxygen atoms in total. The lowest BCUT2D eigenvalue weighted by Crippen LogP contribution is -2.41. The van der Waals surface area contributed by atoms with Gasteiger partial charge in [0.25, 0.3) is 0 Å². The van der Waals surface area contributed by atoms with Crippen LogP contribution >= 0.6 is 11.6 Å². The van der Waals surface area contributed by atoms with Crippen LogP contribution in [0.2, 0.25) is 5.02 Å². The number of nitrogens with two attached hydrogens (primary N) is 1. The molecule has 0 saturated carbocycles. The highest BCUT2D eigenvalue weighted by molar-refractivity contribution is 6.30. The molecule has 0 radical (unpaired) electrons. The summed E-state index contributed by atoms with van der Waals surface area (Å²) in [7, 11) is 0. The van der Waals surface area contributed by atoms with Gasteiger partial charge >= 0.3 is 0 Å². The lowest BCUT2D eigenvalue weighted by atomic mass is 9.76. The van der Waals surface area contributed by atoms with E-state index in [0.717, 1.165) is 35.5 Å². The SMILES string of the molecule is NC1(c2ccc(Cl)cc2)CCCc2c1[nH]c1ccccc21. The van der Waals surface area contributed by atoms with E-state index in [1.54, 1.807) is 0 Å². The molecule has 3 heteroatoms. The third-order valence-corrected chi connectivity index (χ3v) is 4.87. The van der Waals surface area contributed by atoms with E-state index < -0.39 is 5.54 Å². The van der Waals surface area contributed by atoms with Gasteiger partial charge in [0.2, 0.25) is 0 Å². The topological polar surface area (TPSA) is 41.8 Å². The zero-order chi connectivity index (χ0) is 14.4. The Bertz CT molecular complexity index is 804. The molecule has 1 unspecified atom stereocenters. The van der Waals surface area contributed by atoms with Crippen LogP contribution in [0, 0.1) is 0 Å². The van der Waals surface area contributed by atoms with Crippen molar-refractivity contribution in [1.82, 2.24) is 4.98 Å². The molecule has 1 aliphatic carbocycles. The van der Waals surface area contributed by atoms with E-state index in [0.29, 0.717) is 0 Å². The lowest BCUT2D eigenvalue weighted by molar-refractivity contribution is 0.434. The summed E-state index contributed by atoms with van der Waals surface area (Å²) in [5.74, 6) is 0. The Labute approximate surface area is 128 Å². The number of benzene rings is 2. The normalized spacial score (nSPS) is 21.4. The summed E-state index contributed by atoms with van der Waals surface area (Å²) in [6.07, 6.45) is 3.15. The number of aromatic amines is 1. The number of aryl methyl sites for hydroxylation is 1. The van der Waals surface area contributed by atoms with E-state index in [9.17, 15) is 0 Å². The predicted molar refractivity (Wildman–Crippen MR) is 87.7 cm³/mol. The van der Waals surface area contributed by atoms with Crippen molar-refractivity contribution in [2.45, 2.75) is 24.8 Å². The van der Waals surface area contributed by atoms with Crippen molar-refractivity contribution in [3.8, 4) is 0 Å². The van der Waals surface area contributed by atoms with Crippen molar-refractivity contribution in [3.05, 3.63) is 70.4 Å². The first-order chi connectivity index (χ1) is 10.2. The van der Waals surface area contributed by atoms with Crippen LogP contribution in [0.4, 0.5) is 0 Å². The van der Waals surface area contributed by atoms with Gasteiger partial charge in [0.05, 0.1) is 5.54 Å². The van der Waals surface area contributed by atoms with Gasteiger partial charge in [-0.2, -0.15) is 0 Å². The standard InChI is InChI=1S/C18H17ClN2/c19-13-9-7-12(8-10-13)18(20)11-3-5-15-14-4-1-2-6-16(14)21-17(15)18/h1-2,4,6-10,21H,3,5,11,20H2. The minimum Gasteiger partial charge on any atom is -0.356 e. The molecule has 1 atom stereocenters. The Morgan fingerprint density at radius 1 is 1.05 bits per heavy atom. The minimum atomic E-state index is -0.447. The molecule has 3 N–H and O–H groups in total. The van der Waals surface area contributed by atoms with Gasteiger partial charge in [0.15, 0.2) is 0 Å². The molecular weight excluding hydrogens is 280 g/mol. The van der Waals surface area contributed by atoms with Crippen molar-refractivity contribution >= 4 is 22.5 Å². The van der Waals surface area contributed by atoms with Crippen molar-refractivity contribution in [3.63, 3.8) is 0 Å². The van der Waals surface area contributed by atoms with Crippen LogP contribution in [0.1, 0.15) is 29.7 Å². The fourth-order valence-corrected chi connectivity index (χ4v) is 3.67. The second-order valence-electron chi connectivity index (χ2n) is 5.86. The van der Waals surface area contributed by atoms with Gasteiger partial charge < -0.3 is 10.7 Å². The number of rotatable bonds is 1. The first kappa shape index (κ1) is 12.9. The Kier molecular flexibility index (Phi) is 2.84. The highest BCUT2D eigenvalue weighted by Gasteiger charge is 2.36. The summed E-state index contributed by atoms with van der Waals surface area (Å²) in [6.45, 7) is 0. The second-order valence-corrected chi connectivity index (χ2v) is 6.29. The van der Waals surface area contributed by atoms with Crippen molar-refractivity contribution in [2.24, 2.45) is 5.73 Å². The maximum absolute atomic E-state index is 6.83. The fraction of sp³-hybridized carbons (Fsp3) is 0.222. The highest BCUT2D eigenvalue weighted by Crippen LogP contribution is 2.41. The molecule has 2 aromatic carbocycles. The van der Waals surface area contributed by atoms with Gasteiger partial charge in [0.1, 0.15) is 0 Å². The van der Waals surface area contributed by atoms with Crippen molar-refractivity contribution < 1.29 is 0 Å². The zero-order valence-corrected chi connectivity index (χ0v) is 12.5. The molecule has 4 rings (SSSR count). The first-order valence-electron chi connectivity index (χ1n) is 7.33. The molecule has 0 saturated heterocycles. The predicted octanol–water partition coefficient (Wildman–Crippen LogP) is 4.36. The Hall–Kier alpha value is -1.77. The third kappa shape index (κ3) is 1.90. The number of hydrogen-bond acceptors (Lipinski definition) is 1. The summed E-state index contributed by atoms with van der Waals surface area (Å²) < 4.78 is 0. The molecule has 1 aliphatic rings. The number of nitrogens with one attached hydrogen (secondary N) is 1. The smallest absolute Gasteiger partial charge is 0.0820 e. The molecule has 0 spiro atoms. The van der Waals surface area contributed by atoms with Crippen molar-refractivity contribution in [1.29, 1.82) is 0 Å². The van der Waals surface area contributed by atoms with Crippen LogP contribution < -0.4 is 5.73 Å². The molecule has 0 bridgehead atoms. The largest absolute Gasteiger partial charge is 0.356 e. The lowest BCUT2D eigenvalue weighted by Gasteiger charge is -2.34. The van der Waals surface area contributed by atoms with Gasteiger partial charge in [-0.25, -0.2) is 0 Å². The van der Waals surface area contributed by atoms with Crippen LogP contribution in [-0.2, 0) is 12.0 Å². The molecule has 1 aromatic heterocycles. The number of hydrogen-bond donors (Lipinski definition) is 2. The molecule has 0 fully saturated rings. The van der Waals surface area contributed by atoms with E-state index in [1.165, 1.54) is 16.5 Å². The number of fused-ring (bicyclic) bond motifs is 3. The van der Waals surface area contributed by atoms with E-state index in [4.69, 9.17) is 17.3 Å². The van der Waals surface area contributed by atoms with E-state index >= 15 is 0 Å². The van der Waals surface area contributed by atoms with Gasteiger partial charge in [-0.1, -0.05) is 41.9 Å². The molecule has 0 aliphatic heterocycles. The first-order valence-corrected chi connectivity index (χ1v) is 7.71. The van der Waals surface area contributed by atoms with Gasteiger partial charge in [-0.15, -0.1) is 0 Å². The number of aromatic nitrogens is 1. The second kappa shape index (κ2) is 4.62.